The first kappa shape index (κ1) is 11.3. The molecule has 0 aliphatic rings. The zero-order valence-corrected chi connectivity index (χ0v) is 10.6. The maximum absolute atomic E-state index is 2.23. The van der Waals surface area contributed by atoms with Crippen LogP contribution in [0, 0.1) is 13.8 Å². The van der Waals surface area contributed by atoms with Gasteiger partial charge in [0, 0.05) is 10.6 Å². The van der Waals surface area contributed by atoms with Gasteiger partial charge in [-0.05, 0) is 31.5 Å². The van der Waals surface area contributed by atoms with Crippen LogP contribution in [-0.2, 0) is 5.75 Å². The molecule has 0 heterocycles. The Kier molecular flexibility index (Phi) is 3.68. The van der Waals surface area contributed by atoms with E-state index < -0.39 is 0 Å². The smallest absolute Gasteiger partial charge is 0.0231 e. The van der Waals surface area contributed by atoms with Crippen molar-refractivity contribution in [2.24, 2.45) is 0 Å². The van der Waals surface area contributed by atoms with Crippen LogP contribution in [0.2, 0.25) is 0 Å². The summed E-state index contributed by atoms with van der Waals surface area (Å²) in [6.45, 7) is 4.26. The first-order valence-corrected chi connectivity index (χ1v) is 6.47. The van der Waals surface area contributed by atoms with Crippen molar-refractivity contribution in [3.8, 4) is 0 Å². The minimum atomic E-state index is 1.05. The summed E-state index contributed by atoms with van der Waals surface area (Å²) >= 11 is 1.89. The predicted octanol–water partition coefficient (Wildman–Crippen LogP) is 4.60. The molecule has 16 heavy (non-hydrogen) atoms. The minimum absolute atomic E-state index is 1.05. The quantitative estimate of drug-likeness (QED) is 0.692. The van der Waals surface area contributed by atoms with E-state index in [0.29, 0.717) is 0 Å². The summed E-state index contributed by atoms with van der Waals surface area (Å²) < 4.78 is 0. The van der Waals surface area contributed by atoms with Gasteiger partial charge < -0.3 is 0 Å². The third-order valence-corrected chi connectivity index (χ3v) is 3.58. The van der Waals surface area contributed by atoms with Crippen LogP contribution < -0.4 is 0 Å². The Hall–Kier alpha value is -1.21. The van der Waals surface area contributed by atoms with Gasteiger partial charge in [0.25, 0.3) is 0 Å². The Morgan fingerprint density at radius 3 is 2.31 bits per heavy atom. The maximum Gasteiger partial charge on any atom is 0.0231 e. The lowest BCUT2D eigenvalue weighted by molar-refractivity contribution is 1.33. The van der Waals surface area contributed by atoms with E-state index >= 15 is 0 Å². The summed E-state index contributed by atoms with van der Waals surface area (Å²) in [4.78, 5) is 1.35. The lowest BCUT2D eigenvalue weighted by atomic mass is 10.2. The molecule has 0 radical (unpaired) electrons. The second-order valence-electron chi connectivity index (χ2n) is 4.09. The summed E-state index contributed by atoms with van der Waals surface area (Å²) in [5.41, 5.74) is 4.04. The molecule has 0 N–H and O–H groups in total. The maximum atomic E-state index is 2.23. The number of rotatable bonds is 3. The second kappa shape index (κ2) is 5.22. The van der Waals surface area contributed by atoms with Gasteiger partial charge in [0.05, 0.1) is 0 Å². The van der Waals surface area contributed by atoms with Gasteiger partial charge in [0.1, 0.15) is 0 Å². The van der Waals surface area contributed by atoms with Crippen LogP contribution in [0.25, 0.3) is 0 Å². The fourth-order valence-corrected chi connectivity index (χ4v) is 2.53. The predicted molar refractivity (Wildman–Crippen MR) is 71.9 cm³/mol. The molecule has 0 saturated carbocycles. The largest absolute Gasteiger partial charge is 0.121 e. The molecule has 0 spiro atoms. The van der Waals surface area contributed by atoms with E-state index in [4.69, 9.17) is 0 Å². The first-order valence-electron chi connectivity index (χ1n) is 5.49. The van der Waals surface area contributed by atoms with Crippen LogP contribution in [0.4, 0.5) is 0 Å². The lowest BCUT2D eigenvalue weighted by Crippen LogP contribution is -1.81. The average molecular weight is 228 g/mol. The van der Waals surface area contributed by atoms with Crippen molar-refractivity contribution in [2.75, 3.05) is 0 Å². The first-order chi connectivity index (χ1) is 7.74. The lowest BCUT2D eigenvalue weighted by Gasteiger charge is -2.03. The zero-order chi connectivity index (χ0) is 11.4. The van der Waals surface area contributed by atoms with Gasteiger partial charge in [0.2, 0.25) is 0 Å². The van der Waals surface area contributed by atoms with Crippen molar-refractivity contribution in [1.29, 1.82) is 0 Å². The highest BCUT2D eigenvalue weighted by atomic mass is 32.2. The molecule has 2 rings (SSSR count). The van der Waals surface area contributed by atoms with Crippen LogP contribution in [0.3, 0.4) is 0 Å². The van der Waals surface area contributed by atoms with Gasteiger partial charge >= 0.3 is 0 Å². The van der Waals surface area contributed by atoms with Gasteiger partial charge in [0.15, 0.2) is 0 Å². The number of aryl methyl sites for hydroxylation is 2. The molecule has 0 bridgehead atoms. The molecule has 0 saturated heterocycles. The Labute approximate surface area is 102 Å². The zero-order valence-electron chi connectivity index (χ0n) is 9.73. The van der Waals surface area contributed by atoms with Gasteiger partial charge in [-0.1, -0.05) is 47.5 Å². The Morgan fingerprint density at radius 2 is 1.62 bits per heavy atom. The van der Waals surface area contributed by atoms with Crippen molar-refractivity contribution in [3.05, 3.63) is 65.2 Å². The average Bonchev–Trinajstić information content (AvgIpc) is 2.28. The van der Waals surface area contributed by atoms with Crippen molar-refractivity contribution in [2.45, 2.75) is 24.5 Å². The normalized spacial score (nSPS) is 10.4. The molecule has 0 nitrogen and oxygen atoms in total. The van der Waals surface area contributed by atoms with Crippen LogP contribution in [0.15, 0.2) is 53.4 Å². The van der Waals surface area contributed by atoms with Gasteiger partial charge in [-0.3, -0.25) is 0 Å². The van der Waals surface area contributed by atoms with Gasteiger partial charge in [-0.15, -0.1) is 11.8 Å². The van der Waals surface area contributed by atoms with E-state index in [1.54, 1.807) is 0 Å². The molecule has 1 heteroatoms. The van der Waals surface area contributed by atoms with Crippen LogP contribution in [-0.4, -0.2) is 0 Å². The molecular weight excluding hydrogens is 212 g/mol. The highest BCUT2D eigenvalue weighted by molar-refractivity contribution is 7.98. The van der Waals surface area contributed by atoms with E-state index in [1.807, 2.05) is 11.8 Å². The number of benzene rings is 2. The molecule has 0 aliphatic carbocycles. The number of hydrogen-bond acceptors (Lipinski definition) is 1. The summed E-state index contributed by atoms with van der Waals surface area (Å²) in [6.07, 6.45) is 0. The highest BCUT2D eigenvalue weighted by Crippen LogP contribution is 2.23. The summed E-state index contributed by atoms with van der Waals surface area (Å²) in [7, 11) is 0. The van der Waals surface area contributed by atoms with E-state index in [9.17, 15) is 0 Å². The molecule has 0 fully saturated rings. The summed E-state index contributed by atoms with van der Waals surface area (Å²) in [5, 5.41) is 0. The Balaban J connectivity index is 1.99. The topological polar surface area (TPSA) is 0 Å². The molecular formula is C15H16S. The van der Waals surface area contributed by atoms with Gasteiger partial charge in [-0.25, -0.2) is 0 Å². The van der Waals surface area contributed by atoms with Crippen molar-refractivity contribution in [3.63, 3.8) is 0 Å². The molecule has 0 aliphatic heterocycles. The monoisotopic (exact) mass is 228 g/mol. The molecule has 0 atom stereocenters. The van der Waals surface area contributed by atoms with Crippen molar-refractivity contribution in [1.82, 2.24) is 0 Å². The molecule has 0 unspecified atom stereocenters. The van der Waals surface area contributed by atoms with Crippen LogP contribution >= 0.6 is 11.8 Å². The van der Waals surface area contributed by atoms with Gasteiger partial charge in [-0.2, -0.15) is 0 Å². The van der Waals surface area contributed by atoms with E-state index in [-0.39, 0.29) is 0 Å². The van der Waals surface area contributed by atoms with E-state index in [1.165, 1.54) is 21.6 Å². The van der Waals surface area contributed by atoms with E-state index in [0.717, 1.165) is 5.75 Å². The molecule has 0 amide bonds. The number of hydrogen-bond donors (Lipinski definition) is 0. The summed E-state index contributed by atoms with van der Waals surface area (Å²) in [6, 6.07) is 17.4. The number of thioether (sulfide) groups is 1. The highest BCUT2D eigenvalue weighted by Gasteiger charge is 1.96. The second-order valence-corrected chi connectivity index (χ2v) is 5.14. The van der Waals surface area contributed by atoms with Crippen LogP contribution in [0.1, 0.15) is 16.7 Å². The molecule has 2 aromatic carbocycles. The molecule has 82 valence electrons. The fraction of sp³-hybridized carbons (Fsp3) is 0.200. The summed E-state index contributed by atoms with van der Waals surface area (Å²) in [5.74, 6) is 1.05. The minimum Gasteiger partial charge on any atom is -0.121 e. The Morgan fingerprint density at radius 1 is 0.875 bits per heavy atom. The van der Waals surface area contributed by atoms with Crippen LogP contribution in [0.5, 0.6) is 0 Å². The third-order valence-electron chi connectivity index (χ3n) is 2.52. The van der Waals surface area contributed by atoms with Crippen molar-refractivity contribution < 1.29 is 0 Å². The molecule has 0 aromatic heterocycles. The molecule has 2 aromatic rings. The fourth-order valence-electron chi connectivity index (χ4n) is 1.56. The van der Waals surface area contributed by atoms with E-state index in [2.05, 4.69) is 62.4 Å². The third kappa shape index (κ3) is 3.14. The standard InChI is InChI=1S/C15H16S/c1-12-6-8-14(9-7-12)11-16-15-5-3-4-13(2)10-15/h3-10H,11H2,1-2H3. The Bertz CT molecular complexity index is 457. The van der Waals surface area contributed by atoms with Crippen molar-refractivity contribution >= 4 is 11.8 Å². The SMILES string of the molecule is Cc1ccc(CSc2cccc(C)c2)cc1.